The van der Waals surface area contributed by atoms with Crippen molar-refractivity contribution < 1.29 is 19.2 Å². The van der Waals surface area contributed by atoms with E-state index in [1.807, 2.05) is 6.07 Å². The van der Waals surface area contributed by atoms with Gasteiger partial charge in [0.25, 0.3) is 5.91 Å². The van der Waals surface area contributed by atoms with Crippen molar-refractivity contribution in [3.63, 3.8) is 0 Å². The number of carbonyl (C=O) groups is 4. The molecule has 1 saturated heterocycles. The van der Waals surface area contributed by atoms with Gasteiger partial charge in [0.15, 0.2) is 5.82 Å². The van der Waals surface area contributed by atoms with Crippen LogP contribution < -0.4 is 16.0 Å². The Balaban J connectivity index is 1.27. The summed E-state index contributed by atoms with van der Waals surface area (Å²) < 4.78 is 0. The monoisotopic (exact) mass is 422 g/mol. The van der Waals surface area contributed by atoms with Crippen LogP contribution in [0.5, 0.6) is 0 Å². The molecule has 160 valence electrons. The summed E-state index contributed by atoms with van der Waals surface area (Å²) in [7, 11) is 0. The highest BCUT2D eigenvalue weighted by molar-refractivity contribution is 6.02. The third kappa shape index (κ3) is 5.08. The fourth-order valence-corrected chi connectivity index (χ4v) is 3.42. The minimum Gasteiger partial charge on any atom is -0.355 e. The van der Waals surface area contributed by atoms with Gasteiger partial charge in [-0.15, -0.1) is 0 Å². The number of amides is 4. The average molecular weight is 422 g/mol. The Hall–Kier alpha value is -3.69. The summed E-state index contributed by atoms with van der Waals surface area (Å²) in [5.74, 6) is -1.66. The minimum atomic E-state index is -0.638. The molecule has 0 spiro atoms. The first-order valence-electron chi connectivity index (χ1n) is 10.1. The van der Waals surface area contributed by atoms with Crippen LogP contribution in [0, 0.1) is 11.3 Å². The van der Waals surface area contributed by atoms with Crippen LogP contribution in [0.2, 0.25) is 0 Å². The number of pyridine rings is 1. The molecule has 1 aliphatic heterocycles. The molecule has 2 aromatic rings. The number of hydrogen-bond acceptors (Lipinski definition) is 7. The summed E-state index contributed by atoms with van der Waals surface area (Å²) in [5.41, 5.74) is 0.756. The van der Waals surface area contributed by atoms with Crippen molar-refractivity contribution in [2.24, 2.45) is 11.3 Å². The van der Waals surface area contributed by atoms with Crippen molar-refractivity contribution in [1.29, 1.82) is 0 Å². The molecule has 0 aromatic carbocycles. The Morgan fingerprint density at radius 2 is 1.68 bits per heavy atom. The Labute approximate surface area is 178 Å². The lowest BCUT2D eigenvalue weighted by Crippen LogP contribution is -2.46. The van der Waals surface area contributed by atoms with Crippen LogP contribution in [0.25, 0.3) is 11.5 Å². The average Bonchev–Trinajstić information content (AvgIpc) is 3.56. The van der Waals surface area contributed by atoms with Gasteiger partial charge in [0.1, 0.15) is 5.69 Å². The molecule has 4 rings (SSSR count). The van der Waals surface area contributed by atoms with E-state index in [4.69, 9.17) is 0 Å². The van der Waals surface area contributed by atoms with Gasteiger partial charge in [-0.05, 0) is 25.0 Å². The number of piperidine rings is 1. The Kier molecular flexibility index (Phi) is 5.70. The van der Waals surface area contributed by atoms with E-state index in [0.717, 1.165) is 12.8 Å². The predicted octanol–water partition coefficient (Wildman–Crippen LogP) is 0.218. The van der Waals surface area contributed by atoms with E-state index in [0.29, 0.717) is 30.2 Å². The molecule has 2 fully saturated rings. The topological polar surface area (TPSA) is 143 Å². The Morgan fingerprint density at radius 1 is 1.00 bits per heavy atom. The molecule has 0 radical (unpaired) electrons. The summed E-state index contributed by atoms with van der Waals surface area (Å²) >= 11 is 0. The second-order valence-corrected chi connectivity index (χ2v) is 7.99. The number of aromatic nitrogens is 3. The first kappa shape index (κ1) is 20.6. The van der Waals surface area contributed by atoms with Gasteiger partial charge < -0.3 is 10.6 Å². The van der Waals surface area contributed by atoms with E-state index >= 15 is 0 Å². The minimum absolute atomic E-state index is 0.00973. The van der Waals surface area contributed by atoms with Gasteiger partial charge in [-0.3, -0.25) is 29.5 Å². The number of imide groups is 1. The SMILES string of the molecule is O=C1CC(C(=O)NCC2(CNC(=O)c3cnc(-c4ccccn4)nc3)CC2)CC(=O)N1. The first-order valence-corrected chi connectivity index (χ1v) is 10.1. The molecule has 3 heterocycles. The maximum atomic E-state index is 12.4. The summed E-state index contributed by atoms with van der Waals surface area (Å²) in [4.78, 5) is 60.2. The lowest BCUT2D eigenvalue weighted by atomic mass is 9.95. The van der Waals surface area contributed by atoms with E-state index in [2.05, 4.69) is 30.9 Å². The van der Waals surface area contributed by atoms with E-state index < -0.39 is 17.7 Å². The van der Waals surface area contributed by atoms with Crippen LogP contribution in [0.15, 0.2) is 36.8 Å². The highest BCUT2D eigenvalue weighted by atomic mass is 16.2. The Bertz CT molecular complexity index is 988. The molecule has 2 aromatic heterocycles. The number of nitrogens with zero attached hydrogens (tertiary/aromatic N) is 3. The summed E-state index contributed by atoms with van der Waals surface area (Å²) in [6.45, 7) is 0.783. The zero-order chi connectivity index (χ0) is 21.8. The fourth-order valence-electron chi connectivity index (χ4n) is 3.42. The van der Waals surface area contributed by atoms with Crippen LogP contribution in [-0.4, -0.2) is 51.7 Å². The predicted molar refractivity (Wildman–Crippen MR) is 108 cm³/mol. The third-order valence-electron chi connectivity index (χ3n) is 5.54. The normalized spacial score (nSPS) is 17.5. The van der Waals surface area contributed by atoms with Crippen molar-refractivity contribution in [3.05, 3.63) is 42.4 Å². The van der Waals surface area contributed by atoms with Gasteiger partial charge in [0, 0.05) is 49.9 Å². The molecule has 1 aliphatic carbocycles. The van der Waals surface area contributed by atoms with Crippen LogP contribution in [0.3, 0.4) is 0 Å². The van der Waals surface area contributed by atoms with Gasteiger partial charge in [-0.1, -0.05) is 6.07 Å². The standard InChI is InChI=1S/C21H22N6O4/c28-16-7-13(8-17(29)27-16)19(30)25-11-21(4-5-21)12-26-20(31)14-9-23-18(24-10-14)15-3-1-2-6-22-15/h1-3,6,9-10,13H,4-5,7-8,11-12H2,(H,25,30)(H,26,31)(H,27,28,29). The van der Waals surface area contributed by atoms with Crippen molar-refractivity contribution in [2.45, 2.75) is 25.7 Å². The lowest BCUT2D eigenvalue weighted by molar-refractivity contribution is -0.140. The largest absolute Gasteiger partial charge is 0.355 e. The molecule has 4 amide bonds. The van der Waals surface area contributed by atoms with E-state index in [9.17, 15) is 19.2 Å². The molecular formula is C21H22N6O4. The third-order valence-corrected chi connectivity index (χ3v) is 5.54. The zero-order valence-corrected chi connectivity index (χ0v) is 16.8. The van der Waals surface area contributed by atoms with Gasteiger partial charge in [-0.25, -0.2) is 9.97 Å². The van der Waals surface area contributed by atoms with Crippen LogP contribution in [0.4, 0.5) is 0 Å². The molecule has 10 nitrogen and oxygen atoms in total. The van der Waals surface area contributed by atoms with Crippen molar-refractivity contribution in [2.75, 3.05) is 13.1 Å². The van der Waals surface area contributed by atoms with E-state index in [-0.39, 0.29) is 30.1 Å². The van der Waals surface area contributed by atoms with Crippen LogP contribution >= 0.6 is 0 Å². The molecule has 0 bridgehead atoms. The molecule has 3 N–H and O–H groups in total. The molecular weight excluding hydrogens is 400 g/mol. The second kappa shape index (κ2) is 8.58. The number of hydrogen-bond donors (Lipinski definition) is 3. The molecule has 0 unspecified atom stereocenters. The van der Waals surface area contributed by atoms with Crippen molar-refractivity contribution in [1.82, 2.24) is 30.9 Å². The number of carbonyl (C=O) groups excluding carboxylic acids is 4. The van der Waals surface area contributed by atoms with E-state index in [1.165, 1.54) is 12.4 Å². The highest BCUT2D eigenvalue weighted by Gasteiger charge is 2.43. The van der Waals surface area contributed by atoms with E-state index in [1.54, 1.807) is 18.3 Å². The molecule has 31 heavy (non-hydrogen) atoms. The number of nitrogens with one attached hydrogen (secondary N) is 3. The maximum absolute atomic E-state index is 12.4. The smallest absolute Gasteiger partial charge is 0.254 e. The highest BCUT2D eigenvalue weighted by Crippen LogP contribution is 2.44. The lowest BCUT2D eigenvalue weighted by Gasteiger charge is -2.22. The summed E-state index contributed by atoms with van der Waals surface area (Å²) in [6.07, 6.45) is 6.32. The van der Waals surface area contributed by atoms with Crippen LogP contribution in [0.1, 0.15) is 36.0 Å². The van der Waals surface area contributed by atoms with Gasteiger partial charge in [0.2, 0.25) is 17.7 Å². The van der Waals surface area contributed by atoms with Crippen molar-refractivity contribution in [3.8, 4) is 11.5 Å². The molecule has 10 heteroatoms. The first-order chi connectivity index (χ1) is 14.9. The molecule has 2 aliphatic rings. The Morgan fingerprint density at radius 3 is 2.29 bits per heavy atom. The second-order valence-electron chi connectivity index (χ2n) is 7.99. The summed E-state index contributed by atoms with van der Waals surface area (Å²) in [6, 6.07) is 5.42. The maximum Gasteiger partial charge on any atom is 0.254 e. The van der Waals surface area contributed by atoms with Gasteiger partial charge in [-0.2, -0.15) is 0 Å². The fraction of sp³-hybridized carbons (Fsp3) is 0.381. The number of rotatable bonds is 7. The van der Waals surface area contributed by atoms with Crippen molar-refractivity contribution >= 4 is 23.6 Å². The molecule has 1 saturated carbocycles. The zero-order valence-electron chi connectivity index (χ0n) is 16.8. The van der Waals surface area contributed by atoms with Gasteiger partial charge >= 0.3 is 0 Å². The summed E-state index contributed by atoms with van der Waals surface area (Å²) in [5, 5.41) is 7.90. The quantitative estimate of drug-likeness (QED) is 0.542. The van der Waals surface area contributed by atoms with Gasteiger partial charge in [0.05, 0.1) is 11.5 Å². The molecule has 0 atom stereocenters. The van der Waals surface area contributed by atoms with Crippen LogP contribution in [-0.2, 0) is 14.4 Å².